The first kappa shape index (κ1) is 22.0. The fourth-order valence-corrected chi connectivity index (χ4v) is 5.63. The molecule has 5 amide bonds. The molecular formula is C23H26N4O4S. The van der Waals surface area contributed by atoms with E-state index in [2.05, 4.69) is 10.6 Å². The number of aryl methyl sites for hydroxylation is 2. The highest BCUT2D eigenvalue weighted by Gasteiger charge is 2.47. The van der Waals surface area contributed by atoms with Crippen LogP contribution in [0.3, 0.4) is 0 Å². The van der Waals surface area contributed by atoms with Gasteiger partial charge in [0.1, 0.15) is 17.1 Å². The minimum Gasteiger partial charge on any atom is -0.365 e. The van der Waals surface area contributed by atoms with E-state index in [1.807, 2.05) is 30.3 Å². The molecule has 1 aliphatic heterocycles. The van der Waals surface area contributed by atoms with Crippen LogP contribution in [0.2, 0.25) is 0 Å². The number of hydrogen-bond donors (Lipinski definition) is 3. The minimum absolute atomic E-state index is 0.350. The minimum atomic E-state index is -1.08. The van der Waals surface area contributed by atoms with Crippen LogP contribution >= 0.6 is 11.3 Å². The molecule has 4 rings (SSSR count). The lowest BCUT2D eigenvalue weighted by Crippen LogP contribution is -2.45. The topological polar surface area (TPSA) is 122 Å². The number of hydrogen-bond acceptors (Lipinski definition) is 5. The molecule has 9 heteroatoms. The van der Waals surface area contributed by atoms with Gasteiger partial charge in [-0.15, -0.1) is 11.3 Å². The summed E-state index contributed by atoms with van der Waals surface area (Å²) in [6.45, 7) is 1.25. The number of carbonyl (C=O) groups excluding carboxylic acids is 4. The van der Waals surface area contributed by atoms with Crippen LogP contribution in [0.25, 0.3) is 0 Å². The Balaban J connectivity index is 1.43. The van der Waals surface area contributed by atoms with Crippen LogP contribution in [0.15, 0.2) is 30.3 Å². The van der Waals surface area contributed by atoms with Gasteiger partial charge in [0.25, 0.3) is 11.8 Å². The van der Waals surface area contributed by atoms with Gasteiger partial charge >= 0.3 is 6.03 Å². The zero-order valence-corrected chi connectivity index (χ0v) is 18.7. The van der Waals surface area contributed by atoms with Crippen molar-refractivity contribution < 1.29 is 19.2 Å². The van der Waals surface area contributed by atoms with Gasteiger partial charge in [0.05, 0.1) is 5.56 Å². The van der Waals surface area contributed by atoms with Gasteiger partial charge < -0.3 is 16.4 Å². The lowest BCUT2D eigenvalue weighted by molar-refractivity contribution is -0.133. The Hall–Kier alpha value is -3.20. The van der Waals surface area contributed by atoms with Crippen molar-refractivity contribution in [1.82, 2.24) is 10.2 Å². The van der Waals surface area contributed by atoms with Gasteiger partial charge in [-0.1, -0.05) is 30.3 Å². The van der Waals surface area contributed by atoms with Gasteiger partial charge in [0.15, 0.2) is 0 Å². The Bertz CT molecular complexity index is 1080. The largest absolute Gasteiger partial charge is 0.365 e. The van der Waals surface area contributed by atoms with Crippen molar-refractivity contribution in [3.63, 3.8) is 0 Å². The summed E-state index contributed by atoms with van der Waals surface area (Å²) in [6.07, 6.45) is 4.65. The lowest BCUT2D eigenvalue weighted by atomic mass is 9.93. The van der Waals surface area contributed by atoms with Crippen molar-refractivity contribution in [2.75, 3.05) is 11.9 Å². The average molecular weight is 455 g/mol. The van der Waals surface area contributed by atoms with Gasteiger partial charge in [-0.2, -0.15) is 0 Å². The van der Waals surface area contributed by atoms with E-state index in [9.17, 15) is 19.2 Å². The van der Waals surface area contributed by atoms with E-state index in [4.69, 9.17) is 5.73 Å². The number of carbonyl (C=O) groups is 4. The first-order valence-electron chi connectivity index (χ1n) is 10.7. The second-order valence-electron chi connectivity index (χ2n) is 8.47. The molecule has 1 unspecified atom stereocenters. The van der Waals surface area contributed by atoms with Gasteiger partial charge in [-0.25, -0.2) is 4.79 Å². The zero-order valence-electron chi connectivity index (χ0n) is 17.9. The summed E-state index contributed by atoms with van der Waals surface area (Å²) in [4.78, 5) is 52.2. The summed E-state index contributed by atoms with van der Waals surface area (Å²) in [6, 6.07) is 9.10. The molecule has 32 heavy (non-hydrogen) atoms. The normalized spacial score (nSPS) is 20.1. The third-order valence-corrected chi connectivity index (χ3v) is 7.28. The van der Waals surface area contributed by atoms with E-state index in [0.29, 0.717) is 23.4 Å². The molecule has 0 radical (unpaired) electrons. The van der Waals surface area contributed by atoms with Crippen molar-refractivity contribution >= 4 is 40.1 Å². The molecule has 0 saturated carbocycles. The van der Waals surface area contributed by atoms with Gasteiger partial charge in [-0.3, -0.25) is 19.3 Å². The Labute approximate surface area is 190 Å². The highest BCUT2D eigenvalue weighted by molar-refractivity contribution is 7.17. The molecule has 2 aromatic rings. The summed E-state index contributed by atoms with van der Waals surface area (Å²) in [7, 11) is 0. The smallest absolute Gasteiger partial charge is 0.325 e. The highest BCUT2D eigenvalue weighted by atomic mass is 32.1. The molecule has 1 aliphatic carbocycles. The van der Waals surface area contributed by atoms with Crippen molar-refractivity contribution in [1.29, 1.82) is 0 Å². The first-order valence-corrected chi connectivity index (χ1v) is 11.5. The molecule has 1 fully saturated rings. The van der Waals surface area contributed by atoms with Gasteiger partial charge in [-0.05, 0) is 56.6 Å². The number of benzene rings is 1. The number of imide groups is 1. The number of nitrogens with zero attached hydrogens (tertiary/aromatic N) is 1. The highest BCUT2D eigenvalue weighted by Crippen LogP contribution is 2.38. The third kappa shape index (κ3) is 4.25. The monoisotopic (exact) mass is 454 g/mol. The second kappa shape index (κ2) is 8.74. The number of rotatable bonds is 7. The zero-order chi connectivity index (χ0) is 22.9. The predicted octanol–water partition coefficient (Wildman–Crippen LogP) is 2.61. The standard InChI is InChI=1S/C23H26N4O4S/c1-23(12-11-14-7-3-2-4-8-14)21(30)27(22(31)26-23)13-17(28)25-20-18(19(24)29)15-9-5-6-10-16(15)32-20/h2-4,7-8H,5-6,9-13H2,1H3,(H2,24,29)(H,25,28)(H,26,31). The molecule has 2 heterocycles. The summed E-state index contributed by atoms with van der Waals surface area (Å²) >= 11 is 1.35. The van der Waals surface area contributed by atoms with E-state index in [0.717, 1.165) is 46.6 Å². The Kier molecular flexibility index (Phi) is 6.01. The van der Waals surface area contributed by atoms with Crippen LogP contribution in [-0.4, -0.2) is 40.7 Å². The van der Waals surface area contributed by atoms with Gasteiger partial charge in [0, 0.05) is 4.88 Å². The van der Waals surface area contributed by atoms with E-state index >= 15 is 0 Å². The molecule has 8 nitrogen and oxygen atoms in total. The van der Waals surface area contributed by atoms with Crippen LogP contribution in [-0.2, 0) is 28.9 Å². The Morgan fingerprint density at radius 2 is 1.91 bits per heavy atom. The van der Waals surface area contributed by atoms with Crippen molar-refractivity contribution in [2.24, 2.45) is 5.73 Å². The predicted molar refractivity (Wildman–Crippen MR) is 122 cm³/mol. The van der Waals surface area contributed by atoms with Crippen LogP contribution in [0, 0.1) is 0 Å². The van der Waals surface area contributed by atoms with Gasteiger partial charge in [0.2, 0.25) is 5.91 Å². The maximum Gasteiger partial charge on any atom is 0.325 e. The lowest BCUT2D eigenvalue weighted by Gasteiger charge is -2.21. The molecule has 1 atom stereocenters. The summed E-state index contributed by atoms with van der Waals surface area (Å²) in [5.74, 6) is -1.56. The fraction of sp³-hybridized carbons (Fsp3) is 0.391. The molecule has 0 spiro atoms. The molecule has 1 saturated heterocycles. The maximum absolute atomic E-state index is 13.0. The quantitative estimate of drug-likeness (QED) is 0.557. The number of anilines is 1. The molecule has 4 N–H and O–H groups in total. The molecule has 1 aromatic heterocycles. The van der Waals surface area contributed by atoms with Crippen molar-refractivity contribution in [2.45, 2.75) is 51.0 Å². The third-order valence-electron chi connectivity index (χ3n) is 6.07. The molecule has 0 bridgehead atoms. The summed E-state index contributed by atoms with van der Waals surface area (Å²) in [5, 5.41) is 5.83. The summed E-state index contributed by atoms with van der Waals surface area (Å²) < 4.78 is 0. The van der Waals surface area contributed by atoms with Crippen molar-refractivity contribution in [3.05, 3.63) is 51.9 Å². The van der Waals surface area contributed by atoms with Crippen LogP contribution < -0.4 is 16.4 Å². The van der Waals surface area contributed by atoms with Crippen LogP contribution in [0.4, 0.5) is 9.80 Å². The van der Waals surface area contributed by atoms with Crippen LogP contribution in [0.5, 0.6) is 0 Å². The number of urea groups is 1. The second-order valence-corrected chi connectivity index (χ2v) is 9.57. The van der Waals surface area contributed by atoms with E-state index in [1.54, 1.807) is 6.92 Å². The molecular weight excluding hydrogens is 428 g/mol. The Morgan fingerprint density at radius 3 is 2.62 bits per heavy atom. The average Bonchev–Trinajstić information content (AvgIpc) is 3.23. The number of amides is 5. The number of thiophene rings is 1. The SMILES string of the molecule is CC1(CCc2ccccc2)NC(=O)N(CC(=O)Nc2sc3c(c2C(N)=O)CCCC3)C1=O. The molecule has 168 valence electrons. The first-order chi connectivity index (χ1) is 15.3. The number of fused-ring (bicyclic) bond motifs is 1. The van der Waals surface area contributed by atoms with Crippen molar-refractivity contribution in [3.8, 4) is 0 Å². The van der Waals surface area contributed by atoms with E-state index < -0.39 is 35.8 Å². The summed E-state index contributed by atoms with van der Waals surface area (Å²) in [5.41, 5.74) is 6.82. The molecule has 1 aromatic carbocycles. The number of nitrogens with one attached hydrogen (secondary N) is 2. The van der Waals surface area contributed by atoms with Crippen LogP contribution in [0.1, 0.15) is 52.5 Å². The fourth-order valence-electron chi connectivity index (χ4n) is 4.32. The van der Waals surface area contributed by atoms with E-state index in [1.165, 1.54) is 11.3 Å². The Morgan fingerprint density at radius 1 is 1.19 bits per heavy atom. The van der Waals surface area contributed by atoms with E-state index in [-0.39, 0.29) is 0 Å². The molecule has 2 aliphatic rings. The number of primary amides is 1. The number of nitrogens with two attached hydrogens (primary N) is 1. The maximum atomic E-state index is 13.0.